The maximum Gasteiger partial charge on any atom is 0.258 e. The van der Waals surface area contributed by atoms with Gasteiger partial charge in [0.25, 0.3) is 5.91 Å². The lowest BCUT2D eigenvalue weighted by Crippen LogP contribution is -2.28. The van der Waals surface area contributed by atoms with Crippen LogP contribution in [0.25, 0.3) is 11.3 Å². The summed E-state index contributed by atoms with van der Waals surface area (Å²) in [5, 5.41) is 5.96. The predicted octanol–water partition coefficient (Wildman–Crippen LogP) is 3.81. The molecule has 3 aromatic rings. The normalized spacial score (nSPS) is 10.4. The van der Waals surface area contributed by atoms with Gasteiger partial charge in [0.05, 0.1) is 10.7 Å². The lowest BCUT2D eigenvalue weighted by Gasteiger charge is -2.08. The fourth-order valence-electron chi connectivity index (χ4n) is 2.21. The summed E-state index contributed by atoms with van der Waals surface area (Å²) in [5.41, 5.74) is 3.12. The number of nitrogens with one attached hydrogen (secondary N) is 1. The third kappa shape index (κ3) is 4.43. The molecule has 24 heavy (non-hydrogen) atoms. The first kappa shape index (κ1) is 16.2. The molecular weight excluding hydrogens is 320 g/mol. The van der Waals surface area contributed by atoms with Crippen LogP contribution in [0.4, 0.5) is 0 Å². The van der Waals surface area contributed by atoms with E-state index in [1.807, 2.05) is 66.9 Å². The molecule has 0 unspecified atom stereocenters. The molecule has 0 atom stereocenters. The van der Waals surface area contributed by atoms with E-state index in [1.54, 1.807) is 11.3 Å². The van der Waals surface area contributed by atoms with Gasteiger partial charge in [0, 0.05) is 17.5 Å². The van der Waals surface area contributed by atoms with Crippen molar-refractivity contribution in [3.05, 3.63) is 70.5 Å². The lowest BCUT2D eigenvalue weighted by atomic mass is 10.1. The van der Waals surface area contributed by atoms with Gasteiger partial charge in [-0.3, -0.25) is 4.79 Å². The lowest BCUT2D eigenvalue weighted by molar-refractivity contribution is -0.123. The highest BCUT2D eigenvalue weighted by molar-refractivity contribution is 7.09. The van der Waals surface area contributed by atoms with Gasteiger partial charge in [-0.25, -0.2) is 4.98 Å². The zero-order chi connectivity index (χ0) is 16.8. The van der Waals surface area contributed by atoms with Crippen molar-refractivity contribution < 1.29 is 9.53 Å². The van der Waals surface area contributed by atoms with Gasteiger partial charge in [-0.1, -0.05) is 42.5 Å². The quantitative estimate of drug-likeness (QED) is 0.743. The average molecular weight is 338 g/mol. The Labute approximate surface area is 145 Å². The second kappa shape index (κ2) is 7.75. The minimum atomic E-state index is -0.141. The number of ether oxygens (including phenoxy) is 1. The Balaban J connectivity index is 1.48. The zero-order valence-corrected chi connectivity index (χ0v) is 14.2. The van der Waals surface area contributed by atoms with Crippen molar-refractivity contribution in [2.45, 2.75) is 13.5 Å². The largest absolute Gasteiger partial charge is 0.484 e. The van der Waals surface area contributed by atoms with Gasteiger partial charge in [-0.15, -0.1) is 11.3 Å². The molecule has 2 aromatic carbocycles. The van der Waals surface area contributed by atoms with Crippen LogP contribution >= 0.6 is 11.3 Å². The number of rotatable bonds is 6. The summed E-state index contributed by atoms with van der Waals surface area (Å²) in [7, 11) is 0. The molecule has 1 aromatic heterocycles. The number of carbonyl (C=O) groups is 1. The van der Waals surface area contributed by atoms with Crippen molar-refractivity contribution in [3.8, 4) is 17.0 Å². The van der Waals surface area contributed by atoms with E-state index >= 15 is 0 Å². The van der Waals surface area contributed by atoms with Crippen LogP contribution in [0.2, 0.25) is 0 Å². The van der Waals surface area contributed by atoms with E-state index in [2.05, 4.69) is 10.3 Å². The van der Waals surface area contributed by atoms with Gasteiger partial charge in [-0.2, -0.15) is 0 Å². The van der Waals surface area contributed by atoms with Crippen LogP contribution < -0.4 is 10.1 Å². The summed E-state index contributed by atoms with van der Waals surface area (Å²) in [6.07, 6.45) is 0. The van der Waals surface area contributed by atoms with Gasteiger partial charge >= 0.3 is 0 Å². The van der Waals surface area contributed by atoms with Gasteiger partial charge in [0.2, 0.25) is 0 Å². The van der Waals surface area contributed by atoms with E-state index in [0.717, 1.165) is 21.8 Å². The predicted molar refractivity (Wildman–Crippen MR) is 96.1 cm³/mol. The number of carbonyl (C=O) groups excluding carboxylic acids is 1. The van der Waals surface area contributed by atoms with Crippen LogP contribution in [-0.2, 0) is 11.3 Å². The Morgan fingerprint density at radius 1 is 1.12 bits per heavy atom. The summed E-state index contributed by atoms with van der Waals surface area (Å²) >= 11 is 1.64. The van der Waals surface area contributed by atoms with Crippen molar-refractivity contribution >= 4 is 17.2 Å². The third-order valence-corrected chi connectivity index (χ3v) is 4.25. The van der Waals surface area contributed by atoms with Crippen LogP contribution in [0, 0.1) is 6.92 Å². The van der Waals surface area contributed by atoms with Crippen LogP contribution in [0.5, 0.6) is 5.75 Å². The highest BCUT2D eigenvalue weighted by atomic mass is 32.1. The molecular formula is C19H18N2O2S. The maximum absolute atomic E-state index is 11.8. The molecule has 0 saturated carbocycles. The van der Waals surface area contributed by atoms with E-state index in [0.29, 0.717) is 12.3 Å². The molecule has 1 heterocycles. The fourth-order valence-corrected chi connectivity index (χ4v) is 2.83. The van der Waals surface area contributed by atoms with Crippen LogP contribution in [0.3, 0.4) is 0 Å². The first-order chi connectivity index (χ1) is 11.7. The highest BCUT2D eigenvalue weighted by Gasteiger charge is 2.04. The SMILES string of the molecule is Cc1nc(-c2ccc(CNC(=O)COc3ccccc3)cc2)cs1. The number of hydrogen-bond donors (Lipinski definition) is 1. The Kier molecular flexibility index (Phi) is 5.23. The molecule has 0 fully saturated rings. The number of para-hydroxylation sites is 1. The highest BCUT2D eigenvalue weighted by Crippen LogP contribution is 2.21. The van der Waals surface area contributed by atoms with Gasteiger partial charge in [0.15, 0.2) is 6.61 Å². The molecule has 0 aliphatic rings. The van der Waals surface area contributed by atoms with E-state index in [-0.39, 0.29) is 12.5 Å². The molecule has 5 heteroatoms. The van der Waals surface area contributed by atoms with Gasteiger partial charge < -0.3 is 10.1 Å². The molecule has 0 spiro atoms. The molecule has 1 amide bonds. The molecule has 0 aliphatic heterocycles. The van der Waals surface area contributed by atoms with Crippen molar-refractivity contribution in [1.29, 1.82) is 0 Å². The first-order valence-corrected chi connectivity index (χ1v) is 8.55. The number of thiazole rings is 1. The minimum absolute atomic E-state index is 0.0141. The number of hydrogen-bond acceptors (Lipinski definition) is 4. The molecule has 4 nitrogen and oxygen atoms in total. The summed E-state index contributed by atoms with van der Waals surface area (Å²) in [4.78, 5) is 16.3. The van der Waals surface area contributed by atoms with Gasteiger partial charge in [-0.05, 0) is 24.6 Å². The van der Waals surface area contributed by atoms with Crippen molar-refractivity contribution in [1.82, 2.24) is 10.3 Å². The Morgan fingerprint density at radius 3 is 2.54 bits per heavy atom. The fraction of sp³-hybridized carbons (Fsp3) is 0.158. The smallest absolute Gasteiger partial charge is 0.258 e. The minimum Gasteiger partial charge on any atom is -0.484 e. The number of nitrogens with zero attached hydrogens (tertiary/aromatic N) is 1. The molecule has 0 bridgehead atoms. The Hall–Kier alpha value is -2.66. The van der Waals surface area contributed by atoms with Gasteiger partial charge in [0.1, 0.15) is 5.75 Å². The van der Waals surface area contributed by atoms with E-state index < -0.39 is 0 Å². The molecule has 0 radical (unpaired) electrons. The first-order valence-electron chi connectivity index (χ1n) is 7.67. The van der Waals surface area contributed by atoms with Crippen molar-refractivity contribution in [3.63, 3.8) is 0 Å². The number of aryl methyl sites for hydroxylation is 1. The third-order valence-electron chi connectivity index (χ3n) is 3.47. The summed E-state index contributed by atoms with van der Waals surface area (Å²) in [6.45, 7) is 2.49. The second-order valence-electron chi connectivity index (χ2n) is 5.33. The summed E-state index contributed by atoms with van der Waals surface area (Å²) in [5.74, 6) is 0.550. The summed E-state index contributed by atoms with van der Waals surface area (Å²) in [6, 6.07) is 17.4. The van der Waals surface area contributed by atoms with Crippen molar-refractivity contribution in [2.75, 3.05) is 6.61 Å². The zero-order valence-electron chi connectivity index (χ0n) is 13.4. The second-order valence-corrected chi connectivity index (χ2v) is 6.39. The maximum atomic E-state index is 11.8. The number of aromatic nitrogens is 1. The Bertz CT molecular complexity index is 798. The monoisotopic (exact) mass is 338 g/mol. The molecule has 1 N–H and O–H groups in total. The average Bonchev–Trinajstić information content (AvgIpc) is 3.06. The number of benzene rings is 2. The van der Waals surface area contributed by atoms with Crippen molar-refractivity contribution in [2.24, 2.45) is 0 Å². The Morgan fingerprint density at radius 2 is 1.88 bits per heavy atom. The molecule has 0 saturated heterocycles. The summed E-state index contributed by atoms with van der Waals surface area (Å²) < 4.78 is 5.42. The van der Waals surface area contributed by atoms with E-state index in [1.165, 1.54) is 0 Å². The molecule has 0 aliphatic carbocycles. The van der Waals surface area contributed by atoms with Crippen LogP contribution in [0.15, 0.2) is 60.0 Å². The van der Waals surface area contributed by atoms with E-state index in [9.17, 15) is 4.79 Å². The number of amides is 1. The van der Waals surface area contributed by atoms with E-state index in [4.69, 9.17) is 4.74 Å². The standard InChI is InChI=1S/C19H18N2O2S/c1-14-21-18(13-24-14)16-9-7-15(8-10-16)11-20-19(22)12-23-17-5-3-2-4-6-17/h2-10,13H,11-12H2,1H3,(H,20,22). The molecule has 3 rings (SSSR count). The molecule has 122 valence electrons. The topological polar surface area (TPSA) is 51.2 Å². The van der Waals surface area contributed by atoms with Crippen LogP contribution in [0.1, 0.15) is 10.6 Å². The van der Waals surface area contributed by atoms with Crippen LogP contribution in [-0.4, -0.2) is 17.5 Å².